The van der Waals surface area contributed by atoms with E-state index in [0.717, 1.165) is 0 Å². The van der Waals surface area contributed by atoms with Crippen molar-refractivity contribution in [3.63, 3.8) is 0 Å². The molecule has 116 valence electrons. The molecule has 1 aromatic carbocycles. The van der Waals surface area contributed by atoms with E-state index in [-0.39, 0.29) is 18.6 Å². The maximum absolute atomic E-state index is 12.2. The first-order valence-corrected chi connectivity index (χ1v) is 6.56. The van der Waals surface area contributed by atoms with Crippen LogP contribution in [0.25, 0.3) is 0 Å². The Hall–Kier alpha value is -2.24. The van der Waals surface area contributed by atoms with Crippen LogP contribution in [0.15, 0.2) is 12.1 Å². The molecule has 0 saturated carbocycles. The van der Waals surface area contributed by atoms with Crippen LogP contribution in [0.2, 0.25) is 0 Å². The lowest BCUT2D eigenvalue weighted by Crippen LogP contribution is -2.09. The first kappa shape index (κ1) is 16.8. The summed E-state index contributed by atoms with van der Waals surface area (Å²) in [6.45, 7) is 2.02. The van der Waals surface area contributed by atoms with Gasteiger partial charge in [-0.15, -0.1) is 0 Å². The van der Waals surface area contributed by atoms with Crippen molar-refractivity contribution in [3.8, 4) is 17.2 Å². The molecule has 1 rings (SSSR count). The van der Waals surface area contributed by atoms with E-state index in [9.17, 15) is 9.59 Å². The summed E-state index contributed by atoms with van der Waals surface area (Å²) in [5.74, 6) is 0.654. The number of carbonyl (C=O) groups excluding carboxylic acids is 2. The Kier molecular flexibility index (Phi) is 6.52. The Morgan fingerprint density at radius 1 is 0.905 bits per heavy atom. The zero-order valence-electron chi connectivity index (χ0n) is 12.7. The highest BCUT2D eigenvalue weighted by Gasteiger charge is 2.18. The van der Waals surface area contributed by atoms with E-state index < -0.39 is 5.97 Å². The first-order valence-electron chi connectivity index (χ1n) is 6.56. The number of methoxy groups -OCH3 is 3. The number of esters is 1. The molecule has 0 spiro atoms. The van der Waals surface area contributed by atoms with Crippen LogP contribution < -0.4 is 14.2 Å². The molecule has 6 nitrogen and oxygen atoms in total. The Balaban J connectivity index is 2.94. The first-order chi connectivity index (χ1) is 10.1. The van der Waals surface area contributed by atoms with E-state index in [0.29, 0.717) is 29.4 Å². The van der Waals surface area contributed by atoms with Crippen molar-refractivity contribution in [2.45, 2.75) is 19.8 Å². The van der Waals surface area contributed by atoms with Gasteiger partial charge in [0.05, 0.1) is 39.9 Å². The summed E-state index contributed by atoms with van der Waals surface area (Å²) in [4.78, 5) is 23.5. The molecule has 0 aromatic heterocycles. The molecular weight excluding hydrogens is 276 g/mol. The third kappa shape index (κ3) is 4.37. The molecule has 0 unspecified atom stereocenters. The number of Topliss-reactive ketones (excluding diaryl/α,β-unsaturated/α-hetero) is 1. The Morgan fingerprint density at radius 3 is 2.00 bits per heavy atom. The lowest BCUT2D eigenvalue weighted by atomic mass is 10.0. The molecule has 0 bridgehead atoms. The Labute approximate surface area is 123 Å². The SMILES string of the molecule is CCOC(=O)CCC(=O)c1cc(OC)c(OC)cc1OC. The van der Waals surface area contributed by atoms with E-state index in [2.05, 4.69) is 0 Å². The minimum Gasteiger partial charge on any atom is -0.496 e. The molecule has 6 heteroatoms. The number of ether oxygens (including phenoxy) is 4. The number of hydrogen-bond acceptors (Lipinski definition) is 6. The predicted molar refractivity (Wildman–Crippen MR) is 76.3 cm³/mol. The van der Waals surface area contributed by atoms with Gasteiger partial charge < -0.3 is 18.9 Å². The lowest BCUT2D eigenvalue weighted by molar-refractivity contribution is -0.143. The zero-order chi connectivity index (χ0) is 15.8. The van der Waals surface area contributed by atoms with Gasteiger partial charge in [0.25, 0.3) is 0 Å². The summed E-state index contributed by atoms with van der Waals surface area (Å²) in [6.07, 6.45) is 0.0782. The monoisotopic (exact) mass is 296 g/mol. The molecular formula is C15H20O6. The molecule has 0 amide bonds. The van der Waals surface area contributed by atoms with Gasteiger partial charge >= 0.3 is 5.97 Å². The maximum Gasteiger partial charge on any atom is 0.306 e. The van der Waals surface area contributed by atoms with E-state index in [1.807, 2.05) is 0 Å². The van der Waals surface area contributed by atoms with Crippen LogP contribution in [0.1, 0.15) is 30.1 Å². The quantitative estimate of drug-likeness (QED) is 0.541. The fourth-order valence-corrected chi connectivity index (χ4v) is 1.83. The highest BCUT2D eigenvalue weighted by atomic mass is 16.5. The second-order valence-corrected chi connectivity index (χ2v) is 4.14. The fourth-order valence-electron chi connectivity index (χ4n) is 1.83. The molecule has 0 heterocycles. The van der Waals surface area contributed by atoms with Crippen molar-refractivity contribution in [1.82, 2.24) is 0 Å². The summed E-state index contributed by atoms with van der Waals surface area (Å²) in [5.41, 5.74) is 0.347. The van der Waals surface area contributed by atoms with Crippen molar-refractivity contribution in [3.05, 3.63) is 17.7 Å². The average Bonchev–Trinajstić information content (AvgIpc) is 2.51. The van der Waals surface area contributed by atoms with Crippen molar-refractivity contribution in [1.29, 1.82) is 0 Å². The summed E-state index contributed by atoms with van der Waals surface area (Å²) in [5, 5.41) is 0. The molecule has 0 N–H and O–H groups in total. The summed E-state index contributed by atoms with van der Waals surface area (Å²) in [7, 11) is 4.44. The number of carbonyl (C=O) groups is 2. The predicted octanol–water partition coefficient (Wildman–Crippen LogP) is 2.24. The molecule has 0 aliphatic heterocycles. The molecule has 0 saturated heterocycles. The third-order valence-corrected chi connectivity index (χ3v) is 2.87. The van der Waals surface area contributed by atoms with E-state index in [4.69, 9.17) is 18.9 Å². The molecule has 0 aliphatic rings. The topological polar surface area (TPSA) is 71.1 Å². The van der Waals surface area contributed by atoms with Crippen molar-refractivity contribution in [2.24, 2.45) is 0 Å². The van der Waals surface area contributed by atoms with Gasteiger partial charge in [-0.05, 0) is 13.0 Å². The van der Waals surface area contributed by atoms with Crippen LogP contribution in [0.5, 0.6) is 17.2 Å². The minimum absolute atomic E-state index is 0.0319. The van der Waals surface area contributed by atoms with E-state index in [1.54, 1.807) is 19.1 Å². The normalized spacial score (nSPS) is 9.90. The highest BCUT2D eigenvalue weighted by molar-refractivity contribution is 6.00. The fraction of sp³-hybridized carbons (Fsp3) is 0.467. The molecule has 1 aromatic rings. The van der Waals surface area contributed by atoms with Crippen molar-refractivity contribution >= 4 is 11.8 Å². The van der Waals surface area contributed by atoms with Crippen LogP contribution in [0.3, 0.4) is 0 Å². The van der Waals surface area contributed by atoms with Gasteiger partial charge in [-0.1, -0.05) is 0 Å². The lowest BCUT2D eigenvalue weighted by Gasteiger charge is -2.13. The average molecular weight is 296 g/mol. The smallest absolute Gasteiger partial charge is 0.306 e. The molecule has 0 radical (unpaired) electrons. The second kappa shape index (κ2) is 8.14. The number of ketones is 1. The van der Waals surface area contributed by atoms with Gasteiger partial charge in [0.1, 0.15) is 5.75 Å². The largest absolute Gasteiger partial charge is 0.496 e. The molecule has 0 fully saturated rings. The standard InChI is InChI=1S/C15H20O6/c1-5-21-15(17)7-6-11(16)10-8-13(19-3)14(20-4)9-12(10)18-2/h8-9H,5-7H2,1-4H3. The van der Waals surface area contributed by atoms with E-state index >= 15 is 0 Å². The van der Waals surface area contributed by atoms with Crippen LogP contribution in [-0.2, 0) is 9.53 Å². The maximum atomic E-state index is 12.2. The summed E-state index contributed by atoms with van der Waals surface area (Å²) >= 11 is 0. The second-order valence-electron chi connectivity index (χ2n) is 4.14. The van der Waals surface area contributed by atoms with Gasteiger partial charge in [0.15, 0.2) is 17.3 Å². The Bertz CT molecular complexity index is 509. The molecule has 21 heavy (non-hydrogen) atoms. The zero-order valence-corrected chi connectivity index (χ0v) is 12.7. The van der Waals surface area contributed by atoms with Gasteiger partial charge in [-0.3, -0.25) is 9.59 Å². The van der Waals surface area contributed by atoms with Gasteiger partial charge in [-0.25, -0.2) is 0 Å². The summed E-state index contributed by atoms with van der Waals surface area (Å²) in [6, 6.07) is 3.13. The van der Waals surface area contributed by atoms with Crippen molar-refractivity contribution in [2.75, 3.05) is 27.9 Å². The molecule has 0 aliphatic carbocycles. The van der Waals surface area contributed by atoms with E-state index in [1.165, 1.54) is 21.3 Å². The minimum atomic E-state index is -0.398. The third-order valence-electron chi connectivity index (χ3n) is 2.87. The Morgan fingerprint density at radius 2 is 1.48 bits per heavy atom. The number of benzene rings is 1. The van der Waals surface area contributed by atoms with Crippen LogP contribution in [0.4, 0.5) is 0 Å². The van der Waals surface area contributed by atoms with Crippen LogP contribution in [0, 0.1) is 0 Å². The summed E-state index contributed by atoms with van der Waals surface area (Å²) < 4.78 is 20.3. The van der Waals surface area contributed by atoms with Gasteiger partial charge in [0.2, 0.25) is 0 Å². The van der Waals surface area contributed by atoms with Gasteiger partial charge in [-0.2, -0.15) is 0 Å². The number of hydrogen-bond donors (Lipinski definition) is 0. The van der Waals surface area contributed by atoms with Crippen LogP contribution >= 0.6 is 0 Å². The van der Waals surface area contributed by atoms with Crippen molar-refractivity contribution < 1.29 is 28.5 Å². The van der Waals surface area contributed by atoms with Gasteiger partial charge in [0, 0.05) is 12.5 Å². The molecule has 0 atom stereocenters. The highest BCUT2D eigenvalue weighted by Crippen LogP contribution is 2.35. The number of rotatable bonds is 8. The van der Waals surface area contributed by atoms with Crippen LogP contribution in [-0.4, -0.2) is 39.7 Å².